The van der Waals surface area contributed by atoms with Crippen LogP contribution in [0, 0.1) is 5.82 Å². The Kier molecular flexibility index (Phi) is 7.11. The molecule has 7 heterocycles. The number of benzene rings is 1. The Morgan fingerprint density at radius 3 is 2.98 bits per heavy atom. The van der Waals surface area contributed by atoms with Crippen LogP contribution >= 0.6 is 11.6 Å². The first-order valence-electron chi connectivity index (χ1n) is 16.8. The number of aliphatic hydroxyl groups is 1. The van der Waals surface area contributed by atoms with Gasteiger partial charge in [-0.05, 0) is 75.6 Å². The predicted molar refractivity (Wildman–Crippen MR) is 177 cm³/mol. The van der Waals surface area contributed by atoms with E-state index in [2.05, 4.69) is 14.8 Å². The summed E-state index contributed by atoms with van der Waals surface area (Å²) >= 11 is 6.88. The zero-order valence-electron chi connectivity index (χ0n) is 26.4. The Morgan fingerprint density at radius 2 is 2.13 bits per heavy atom. The van der Waals surface area contributed by atoms with Gasteiger partial charge in [-0.2, -0.15) is 9.97 Å². The van der Waals surface area contributed by atoms with E-state index in [1.54, 1.807) is 6.92 Å². The lowest BCUT2D eigenvalue weighted by Gasteiger charge is -2.31. The van der Waals surface area contributed by atoms with Gasteiger partial charge in [0, 0.05) is 47.4 Å². The van der Waals surface area contributed by atoms with Crippen LogP contribution in [0.4, 0.5) is 10.2 Å². The molecule has 1 aliphatic carbocycles. The number of rotatable bonds is 6. The number of nitrogens with one attached hydrogen (secondary N) is 1. The summed E-state index contributed by atoms with van der Waals surface area (Å²) in [7, 11) is 0. The van der Waals surface area contributed by atoms with Gasteiger partial charge in [-0.25, -0.2) is 9.37 Å². The van der Waals surface area contributed by atoms with Crippen LogP contribution in [0.2, 0.25) is 5.02 Å². The molecule has 3 aromatic heterocycles. The second-order valence-corrected chi connectivity index (χ2v) is 14.3. The van der Waals surface area contributed by atoms with Crippen LogP contribution in [-0.4, -0.2) is 93.7 Å². The minimum atomic E-state index is -0.541. The molecule has 0 amide bonds. The summed E-state index contributed by atoms with van der Waals surface area (Å²) in [4.78, 5) is 22.5. The molecule has 3 atom stereocenters. The number of aliphatic hydroxyl groups excluding tert-OH is 1. The SMILES string of the molecule is CC(O)/C=C1\CN2CCC[C@@]2(COc2nc3c4c(nc(-c5c(C6CC6)c(Cl)cc6[nH]ccc56)c(F)c4n2)OC[C@@H]2COCCCN32)C1. The summed E-state index contributed by atoms with van der Waals surface area (Å²) in [6, 6.07) is 3.88. The second kappa shape index (κ2) is 11.3. The molecule has 0 spiro atoms. The van der Waals surface area contributed by atoms with Crippen molar-refractivity contribution in [2.24, 2.45) is 0 Å². The Morgan fingerprint density at radius 1 is 1.23 bits per heavy atom. The van der Waals surface area contributed by atoms with Gasteiger partial charge in [0.05, 0.1) is 24.3 Å². The Bertz CT molecular complexity index is 1930. The van der Waals surface area contributed by atoms with Crippen molar-refractivity contribution in [3.63, 3.8) is 0 Å². The van der Waals surface area contributed by atoms with Crippen molar-refractivity contribution in [3.05, 3.63) is 46.4 Å². The van der Waals surface area contributed by atoms with Crippen LogP contribution in [0.25, 0.3) is 33.1 Å². The maximum Gasteiger partial charge on any atom is 0.319 e. The van der Waals surface area contributed by atoms with Crippen LogP contribution < -0.4 is 14.4 Å². The van der Waals surface area contributed by atoms with E-state index in [9.17, 15) is 5.11 Å². The molecule has 2 N–H and O–H groups in total. The summed E-state index contributed by atoms with van der Waals surface area (Å²) in [6.07, 6.45) is 8.95. The van der Waals surface area contributed by atoms with Gasteiger partial charge < -0.3 is 29.2 Å². The first kappa shape index (κ1) is 29.6. The Balaban J connectivity index is 1.20. The Hall–Kier alpha value is -3.51. The summed E-state index contributed by atoms with van der Waals surface area (Å²) in [5.41, 5.74) is 3.74. The largest absolute Gasteiger partial charge is 0.475 e. The molecule has 0 radical (unpaired) electrons. The highest BCUT2D eigenvalue weighted by atomic mass is 35.5. The van der Waals surface area contributed by atoms with Gasteiger partial charge in [0.1, 0.15) is 35.6 Å². The lowest BCUT2D eigenvalue weighted by Crippen LogP contribution is -2.43. The Labute approximate surface area is 276 Å². The molecule has 5 aliphatic rings. The van der Waals surface area contributed by atoms with Crippen molar-refractivity contribution < 1.29 is 23.7 Å². The number of nitrogens with zero attached hydrogens (tertiary/aromatic N) is 5. The molecule has 4 fully saturated rings. The number of aromatic nitrogens is 4. The summed E-state index contributed by atoms with van der Waals surface area (Å²) in [5.74, 6) is 0.575. The van der Waals surface area contributed by atoms with Crippen molar-refractivity contribution in [1.82, 2.24) is 24.8 Å². The van der Waals surface area contributed by atoms with E-state index in [0.717, 1.165) is 68.1 Å². The summed E-state index contributed by atoms with van der Waals surface area (Å²) in [6.45, 7) is 6.04. The van der Waals surface area contributed by atoms with E-state index in [1.807, 2.05) is 24.4 Å². The number of H-pyrrole nitrogens is 1. The molecule has 246 valence electrons. The predicted octanol–water partition coefficient (Wildman–Crippen LogP) is 5.76. The minimum Gasteiger partial charge on any atom is -0.475 e. The lowest BCUT2D eigenvalue weighted by atomic mass is 9.93. The normalized spacial score (nSPS) is 25.9. The quantitative estimate of drug-likeness (QED) is 0.250. The van der Waals surface area contributed by atoms with Crippen LogP contribution in [-0.2, 0) is 4.74 Å². The minimum absolute atomic E-state index is 0.124. The number of hydrogen-bond acceptors (Lipinski definition) is 9. The molecule has 12 heteroatoms. The van der Waals surface area contributed by atoms with Crippen molar-refractivity contribution in [2.75, 3.05) is 51.0 Å². The zero-order valence-corrected chi connectivity index (χ0v) is 27.2. The van der Waals surface area contributed by atoms with Gasteiger partial charge in [0.2, 0.25) is 5.88 Å². The highest BCUT2D eigenvalue weighted by molar-refractivity contribution is 6.33. The number of hydrogen-bond donors (Lipinski definition) is 2. The number of pyridine rings is 1. The molecule has 3 saturated heterocycles. The fraction of sp³-hybridized carbons (Fsp3) is 0.514. The van der Waals surface area contributed by atoms with Gasteiger partial charge in [-0.3, -0.25) is 4.90 Å². The van der Waals surface area contributed by atoms with Crippen molar-refractivity contribution in [3.8, 4) is 23.1 Å². The third-order valence-electron chi connectivity index (χ3n) is 10.5. The van der Waals surface area contributed by atoms with E-state index in [1.165, 1.54) is 5.57 Å². The average molecular weight is 661 g/mol. The summed E-state index contributed by atoms with van der Waals surface area (Å²) < 4.78 is 36.1. The molecular formula is C35H38ClFN6O4. The third-order valence-corrected chi connectivity index (χ3v) is 10.9. The molecule has 1 unspecified atom stereocenters. The fourth-order valence-corrected chi connectivity index (χ4v) is 8.67. The number of fused-ring (bicyclic) bond motifs is 4. The first-order chi connectivity index (χ1) is 22.9. The zero-order chi connectivity index (χ0) is 31.9. The molecule has 10 nitrogen and oxygen atoms in total. The topological polar surface area (TPSA) is 109 Å². The van der Waals surface area contributed by atoms with Crippen LogP contribution in [0.3, 0.4) is 0 Å². The van der Waals surface area contributed by atoms with Crippen LogP contribution in [0.1, 0.15) is 56.9 Å². The maximum atomic E-state index is 17.2. The molecule has 0 bridgehead atoms. The average Bonchev–Trinajstić information content (AvgIpc) is 3.64. The highest BCUT2D eigenvalue weighted by Crippen LogP contribution is 2.51. The lowest BCUT2D eigenvalue weighted by molar-refractivity contribution is 0.108. The molecule has 9 rings (SSSR count). The number of anilines is 1. The van der Waals surface area contributed by atoms with Crippen LogP contribution in [0.15, 0.2) is 30.0 Å². The summed E-state index contributed by atoms with van der Waals surface area (Å²) in [5, 5.41) is 11.9. The van der Waals surface area contributed by atoms with E-state index in [0.29, 0.717) is 60.6 Å². The molecule has 1 saturated carbocycles. The number of ether oxygens (including phenoxy) is 3. The molecular weight excluding hydrogens is 623 g/mol. The first-order valence-corrected chi connectivity index (χ1v) is 17.2. The molecule has 1 aromatic carbocycles. The van der Waals surface area contributed by atoms with Crippen molar-refractivity contribution >= 4 is 39.2 Å². The second-order valence-electron chi connectivity index (χ2n) is 13.9. The van der Waals surface area contributed by atoms with Gasteiger partial charge in [0.15, 0.2) is 5.82 Å². The maximum absolute atomic E-state index is 17.2. The number of aromatic amines is 1. The van der Waals surface area contributed by atoms with E-state index in [-0.39, 0.29) is 34.7 Å². The van der Waals surface area contributed by atoms with E-state index in [4.69, 9.17) is 40.8 Å². The van der Waals surface area contributed by atoms with Crippen LogP contribution in [0.5, 0.6) is 11.9 Å². The van der Waals surface area contributed by atoms with Crippen molar-refractivity contribution in [2.45, 2.75) is 69.1 Å². The standard InChI is InChI=1S/C35H38ClFN6O4/c1-19(44)12-20-14-35(7-2-9-42(35)15-20)18-47-34-40-31-28-32(41-34)43-10-3-11-45-16-22(43)17-46-33(28)39-30(29(31)37)27-23-6-8-38-25(23)13-24(36)26(27)21-4-5-21/h6,8,12-13,19,21-22,38,44H,2-5,7,9-11,14-18H2,1H3/b20-12-/t19?,22-,35-/m0/s1. The van der Waals surface area contributed by atoms with E-state index >= 15 is 4.39 Å². The number of halogens is 2. The smallest absolute Gasteiger partial charge is 0.319 e. The van der Waals surface area contributed by atoms with Crippen molar-refractivity contribution in [1.29, 1.82) is 0 Å². The fourth-order valence-electron chi connectivity index (χ4n) is 8.31. The molecule has 4 aliphatic heterocycles. The molecule has 47 heavy (non-hydrogen) atoms. The molecule has 4 aromatic rings. The third kappa shape index (κ3) is 4.96. The monoisotopic (exact) mass is 660 g/mol. The highest BCUT2D eigenvalue weighted by Gasteiger charge is 2.47. The van der Waals surface area contributed by atoms with Gasteiger partial charge in [0.25, 0.3) is 0 Å². The van der Waals surface area contributed by atoms with Gasteiger partial charge >= 0.3 is 6.01 Å². The van der Waals surface area contributed by atoms with Gasteiger partial charge in [-0.15, -0.1) is 0 Å². The van der Waals surface area contributed by atoms with E-state index < -0.39 is 11.9 Å². The van der Waals surface area contributed by atoms with Gasteiger partial charge in [-0.1, -0.05) is 23.3 Å².